The molecule has 2 atom stereocenters. The topological polar surface area (TPSA) is 33.1 Å². The standard InChI is InChI=1S/C27H34N4S/c1-7-8-13-30-26(24(29-27(30)32)23-11-9-10-12-28-23)22-16-20(5)31(21(22)6)25-18(3)14-17(2)15-19(25)4/h9-12,14-16,24,26H,7-8,13H2,1-6H3,(H,29,32)/t24-,26+/m1/s1. The zero-order valence-corrected chi connectivity index (χ0v) is 20.9. The summed E-state index contributed by atoms with van der Waals surface area (Å²) in [4.78, 5) is 7.06. The Labute approximate surface area is 197 Å². The lowest BCUT2D eigenvalue weighted by atomic mass is 9.96. The van der Waals surface area contributed by atoms with Gasteiger partial charge in [-0.05, 0) is 88.1 Å². The highest BCUT2D eigenvalue weighted by Crippen LogP contribution is 2.42. The van der Waals surface area contributed by atoms with Crippen molar-refractivity contribution < 1.29 is 0 Å². The molecule has 3 heterocycles. The molecule has 1 aliphatic heterocycles. The molecule has 1 saturated heterocycles. The Morgan fingerprint density at radius 2 is 1.75 bits per heavy atom. The summed E-state index contributed by atoms with van der Waals surface area (Å²) < 4.78 is 2.42. The summed E-state index contributed by atoms with van der Waals surface area (Å²) in [7, 11) is 0. The first-order valence-corrected chi connectivity index (χ1v) is 12.0. The van der Waals surface area contributed by atoms with Gasteiger partial charge in [0.2, 0.25) is 0 Å². The van der Waals surface area contributed by atoms with Crippen LogP contribution in [0, 0.1) is 34.6 Å². The molecular weight excluding hydrogens is 412 g/mol. The van der Waals surface area contributed by atoms with Crippen LogP contribution in [0.1, 0.15) is 71.2 Å². The van der Waals surface area contributed by atoms with Crippen LogP contribution in [0.15, 0.2) is 42.6 Å². The van der Waals surface area contributed by atoms with Crippen molar-refractivity contribution in [2.45, 2.75) is 66.5 Å². The van der Waals surface area contributed by atoms with E-state index in [2.05, 4.69) is 91.6 Å². The molecule has 4 nitrogen and oxygen atoms in total. The zero-order chi connectivity index (χ0) is 23.0. The Morgan fingerprint density at radius 1 is 1.03 bits per heavy atom. The molecule has 0 amide bonds. The lowest BCUT2D eigenvalue weighted by molar-refractivity contribution is 0.312. The molecule has 0 radical (unpaired) electrons. The number of unbranched alkanes of at least 4 members (excludes halogenated alkanes) is 1. The lowest BCUT2D eigenvalue weighted by Crippen LogP contribution is -2.30. The van der Waals surface area contributed by atoms with E-state index in [9.17, 15) is 0 Å². The van der Waals surface area contributed by atoms with Crippen molar-refractivity contribution >= 4 is 17.3 Å². The Bertz CT molecular complexity index is 1110. The predicted octanol–water partition coefficient (Wildman–Crippen LogP) is 6.19. The molecule has 1 fully saturated rings. The molecule has 4 rings (SSSR count). The zero-order valence-electron chi connectivity index (χ0n) is 20.1. The molecule has 0 spiro atoms. The molecular formula is C27H34N4S. The maximum absolute atomic E-state index is 5.82. The Hall–Kier alpha value is -2.66. The second-order valence-corrected chi connectivity index (χ2v) is 9.47. The number of nitrogens with zero attached hydrogens (tertiary/aromatic N) is 3. The van der Waals surface area contributed by atoms with E-state index in [4.69, 9.17) is 12.2 Å². The number of aromatic nitrogens is 2. The van der Waals surface area contributed by atoms with Gasteiger partial charge in [-0.1, -0.05) is 37.1 Å². The Morgan fingerprint density at radius 3 is 2.38 bits per heavy atom. The summed E-state index contributed by atoms with van der Waals surface area (Å²) in [6.07, 6.45) is 4.12. The maximum atomic E-state index is 5.82. The highest BCUT2D eigenvalue weighted by molar-refractivity contribution is 7.80. The van der Waals surface area contributed by atoms with Gasteiger partial charge in [-0.3, -0.25) is 4.98 Å². The van der Waals surface area contributed by atoms with Crippen LogP contribution in [0.2, 0.25) is 0 Å². The maximum Gasteiger partial charge on any atom is 0.170 e. The molecule has 3 aromatic rings. The van der Waals surface area contributed by atoms with E-state index >= 15 is 0 Å². The van der Waals surface area contributed by atoms with E-state index in [0.717, 1.165) is 30.2 Å². The Kier molecular flexibility index (Phi) is 6.38. The number of rotatable bonds is 6. The average Bonchev–Trinajstić information content (AvgIpc) is 3.22. The average molecular weight is 447 g/mol. The van der Waals surface area contributed by atoms with Gasteiger partial charge in [0, 0.05) is 24.1 Å². The normalized spacial score (nSPS) is 18.3. The summed E-state index contributed by atoms with van der Waals surface area (Å²) in [5.74, 6) is 0. The molecule has 0 unspecified atom stereocenters. The molecule has 168 valence electrons. The monoisotopic (exact) mass is 446 g/mol. The van der Waals surface area contributed by atoms with Crippen molar-refractivity contribution in [3.8, 4) is 5.69 Å². The van der Waals surface area contributed by atoms with Gasteiger partial charge < -0.3 is 14.8 Å². The number of benzene rings is 1. The second kappa shape index (κ2) is 9.07. The van der Waals surface area contributed by atoms with Gasteiger partial charge in [-0.2, -0.15) is 0 Å². The van der Waals surface area contributed by atoms with Crippen LogP contribution < -0.4 is 5.32 Å². The minimum atomic E-state index is 0.0368. The second-order valence-electron chi connectivity index (χ2n) is 9.08. The van der Waals surface area contributed by atoms with Gasteiger partial charge >= 0.3 is 0 Å². The molecule has 5 heteroatoms. The quantitative estimate of drug-likeness (QED) is 0.458. The fraction of sp³-hybridized carbons (Fsp3) is 0.407. The van der Waals surface area contributed by atoms with E-state index in [-0.39, 0.29) is 12.1 Å². The fourth-order valence-corrected chi connectivity index (χ4v) is 5.60. The van der Waals surface area contributed by atoms with Gasteiger partial charge in [-0.25, -0.2) is 0 Å². The molecule has 0 bridgehead atoms. The number of nitrogens with one attached hydrogen (secondary N) is 1. The first-order chi connectivity index (χ1) is 15.3. The van der Waals surface area contributed by atoms with E-state index in [1.807, 2.05) is 12.3 Å². The molecule has 1 N–H and O–H groups in total. The number of hydrogen-bond acceptors (Lipinski definition) is 2. The van der Waals surface area contributed by atoms with Crippen LogP contribution in [0.25, 0.3) is 5.69 Å². The predicted molar refractivity (Wildman–Crippen MR) is 137 cm³/mol. The third-order valence-electron chi connectivity index (χ3n) is 6.60. The van der Waals surface area contributed by atoms with Crippen LogP contribution in [0.3, 0.4) is 0 Å². The van der Waals surface area contributed by atoms with Crippen molar-refractivity contribution in [2.75, 3.05) is 6.54 Å². The van der Waals surface area contributed by atoms with Crippen LogP contribution in [0.4, 0.5) is 0 Å². The first kappa shape index (κ1) is 22.5. The van der Waals surface area contributed by atoms with E-state index in [1.54, 1.807) is 0 Å². The van der Waals surface area contributed by atoms with E-state index < -0.39 is 0 Å². The summed E-state index contributed by atoms with van der Waals surface area (Å²) in [6.45, 7) is 14.2. The summed E-state index contributed by atoms with van der Waals surface area (Å²) >= 11 is 5.82. The van der Waals surface area contributed by atoms with Crippen LogP contribution in [0.5, 0.6) is 0 Å². The van der Waals surface area contributed by atoms with Crippen molar-refractivity contribution in [2.24, 2.45) is 0 Å². The molecule has 1 aromatic carbocycles. The van der Waals surface area contributed by atoms with Gasteiger partial charge in [0.25, 0.3) is 0 Å². The minimum absolute atomic E-state index is 0.0368. The van der Waals surface area contributed by atoms with Crippen LogP contribution in [-0.4, -0.2) is 26.1 Å². The largest absolute Gasteiger partial charge is 0.352 e. The van der Waals surface area contributed by atoms with Crippen LogP contribution >= 0.6 is 12.2 Å². The van der Waals surface area contributed by atoms with E-state index in [1.165, 1.54) is 39.3 Å². The number of thiocarbonyl (C=S) groups is 1. The summed E-state index contributed by atoms with van der Waals surface area (Å²) in [6, 6.07) is 13.2. The molecule has 1 aliphatic rings. The highest BCUT2D eigenvalue weighted by atomic mass is 32.1. The van der Waals surface area contributed by atoms with Gasteiger partial charge in [0.05, 0.1) is 23.5 Å². The molecule has 0 aliphatic carbocycles. The first-order valence-electron chi connectivity index (χ1n) is 11.6. The highest BCUT2D eigenvalue weighted by Gasteiger charge is 2.41. The lowest BCUT2D eigenvalue weighted by Gasteiger charge is -2.28. The van der Waals surface area contributed by atoms with Crippen LogP contribution in [-0.2, 0) is 0 Å². The van der Waals surface area contributed by atoms with E-state index in [0.29, 0.717) is 0 Å². The third-order valence-corrected chi connectivity index (χ3v) is 6.95. The molecule has 32 heavy (non-hydrogen) atoms. The van der Waals surface area contributed by atoms with Gasteiger partial charge in [-0.15, -0.1) is 0 Å². The molecule has 2 aromatic heterocycles. The van der Waals surface area contributed by atoms with Crippen molar-refractivity contribution in [1.29, 1.82) is 0 Å². The third kappa shape index (κ3) is 3.95. The fourth-order valence-electron chi connectivity index (χ4n) is 5.27. The SMILES string of the molecule is CCCCN1C(=S)N[C@H](c2ccccn2)[C@@H]1c1cc(C)n(-c2c(C)cc(C)cc2C)c1C. The minimum Gasteiger partial charge on any atom is -0.352 e. The van der Waals surface area contributed by atoms with Crippen molar-refractivity contribution in [3.05, 3.63) is 81.9 Å². The Balaban J connectivity index is 1.86. The number of hydrogen-bond donors (Lipinski definition) is 1. The number of aryl methyl sites for hydroxylation is 4. The smallest absolute Gasteiger partial charge is 0.170 e. The summed E-state index contributed by atoms with van der Waals surface area (Å²) in [5, 5.41) is 4.41. The summed E-state index contributed by atoms with van der Waals surface area (Å²) in [5.41, 5.74) is 10.1. The number of pyridine rings is 1. The van der Waals surface area contributed by atoms with Gasteiger partial charge in [0.1, 0.15) is 0 Å². The van der Waals surface area contributed by atoms with Gasteiger partial charge in [0.15, 0.2) is 5.11 Å². The van der Waals surface area contributed by atoms with Crippen molar-refractivity contribution in [3.63, 3.8) is 0 Å². The molecule has 0 saturated carbocycles. The van der Waals surface area contributed by atoms with Crippen molar-refractivity contribution in [1.82, 2.24) is 19.8 Å².